The molecule has 0 saturated carbocycles. The number of halogens is 14. The highest BCUT2D eigenvalue weighted by atomic mass is 19.4. The lowest BCUT2D eigenvalue weighted by Crippen LogP contribution is -2.44. The third-order valence-corrected chi connectivity index (χ3v) is 28.4. The summed E-state index contributed by atoms with van der Waals surface area (Å²) in [7, 11) is 0. The van der Waals surface area contributed by atoms with Crippen molar-refractivity contribution in [3.8, 4) is 0 Å². The van der Waals surface area contributed by atoms with Crippen molar-refractivity contribution in [3.05, 3.63) is 0 Å². The molecule has 0 aromatic rings. The van der Waals surface area contributed by atoms with Crippen LogP contribution in [0.2, 0.25) is 0 Å². The molecule has 0 unspecified atom stereocenters. The summed E-state index contributed by atoms with van der Waals surface area (Å²) in [5.41, 5.74) is 0. The lowest BCUT2D eigenvalue weighted by Gasteiger charge is -2.35. The summed E-state index contributed by atoms with van der Waals surface area (Å²) in [6.45, 7) is 65.9. The van der Waals surface area contributed by atoms with E-state index in [1.165, 1.54) is 135 Å². The molecular formula is C102H204F14N10. The normalized spacial score (nSPS) is 26.5. The molecule has 0 N–H and O–H groups in total. The molecule has 10 aliphatic heterocycles. The van der Waals surface area contributed by atoms with Gasteiger partial charge in [-0.3, -0.25) is 19.1 Å². The number of hydrogen-bond donors (Lipinski definition) is 0. The number of piperidine rings is 1. The van der Waals surface area contributed by atoms with Crippen molar-refractivity contribution in [3.63, 3.8) is 0 Å². The molecule has 10 fully saturated rings. The van der Waals surface area contributed by atoms with Crippen molar-refractivity contribution in [2.75, 3.05) is 125 Å². The van der Waals surface area contributed by atoms with Gasteiger partial charge in [-0.15, -0.1) is 0 Å². The first-order chi connectivity index (χ1) is 58.3. The van der Waals surface area contributed by atoms with Gasteiger partial charge in [-0.1, -0.05) is 92.9 Å². The predicted octanol–water partition coefficient (Wildman–Crippen LogP) is 28.6. The molecule has 24 heteroatoms. The third kappa shape index (κ3) is 55.6. The van der Waals surface area contributed by atoms with E-state index in [9.17, 15) is 61.5 Å². The number of rotatable bonds is 16. The van der Waals surface area contributed by atoms with Gasteiger partial charge in [-0.25, -0.2) is 30.7 Å². The second-order valence-corrected chi connectivity index (χ2v) is 41.3. The Balaban J connectivity index is 0. The standard InChI is InChI=1S/C11H23N.C10H18F3N.3C10H19F2N.2C10H20FN.2C10H21N.C9H16F3N.2CH4/c1-4-11-6-5-8-12(9-7-11)10(2)3;1-8(2)14-6-4-3-5-9(7-14)10(11,12)13;1-8(2)13-6-3-4-9(5-7-13)10(11)12;1-8(2)13-6-4-3-5-9(7-13)10(11)12;1-8(2)13-7-5-3-4-6-9(13)10(11)12;1-9(2)12-6-4-3-5-10(7-11)8-12;1-9(2)12-7-5-3-4-6-10(12)8-11;1-9(2)11-7-4-5-10(3)6-8-11;1-9(2)11-8-6-4-5-7-10(11)3;1-7(2)13-5-3-8(4-6-13)9(10,11)12;;/h10-11H,4-9H2,1-3H3;8-9H,3-7H2,1-2H3;3*8-10H,3-7H2,1-2H3;2*9-10H,3-8H2,1-2H3;2*9-10H,4-8H2,1-3H3;7-8H,3-6H2,1-2H3;2*1H4/t11-;4*9-;4*10-;;;/m111100011.../s1. The van der Waals surface area contributed by atoms with Gasteiger partial charge in [0.05, 0.1) is 24.6 Å². The van der Waals surface area contributed by atoms with Crippen LogP contribution in [0.5, 0.6) is 0 Å². The van der Waals surface area contributed by atoms with Gasteiger partial charge >= 0.3 is 12.4 Å². The molecule has 9 atom stereocenters. The lowest BCUT2D eigenvalue weighted by atomic mass is 9.95. The number of likely N-dealkylation sites (tertiary alicyclic amines) is 10. The molecule has 10 saturated heterocycles. The van der Waals surface area contributed by atoms with Crippen LogP contribution in [0, 0.1) is 41.4 Å². The SMILES string of the molecule is C.C.CC(C)N1CCC(C(F)(F)F)CC1.CC(C)N1CCCCC[C@H]1C.CC(C)N1CCCCC[C@H]1C(F)F.CC(C)N1CCCCC[C@H]1CF.CC(C)N1CCCC[C@@H](C(F)(F)F)C1.CC(C)N1CCCC[C@@H](C(F)F)C1.CC(C)N1CCCC[C@@H](CF)C1.CC(C)N1CCC[C@@H](C(F)F)CC1.CC(C)N1CCC[C@@H](C)CC1.CC[C@@H]1CCCN(C(C)C)CC1. The molecule has 10 aliphatic rings. The second-order valence-electron chi connectivity index (χ2n) is 41.3. The van der Waals surface area contributed by atoms with Crippen LogP contribution < -0.4 is 0 Å². The zero-order valence-electron chi connectivity index (χ0n) is 83.8. The fraction of sp³-hybridized carbons (Fsp3) is 1.00. The van der Waals surface area contributed by atoms with Crippen LogP contribution in [0.1, 0.15) is 386 Å². The van der Waals surface area contributed by atoms with E-state index < -0.39 is 55.4 Å². The Labute approximate surface area is 769 Å². The molecule has 0 bridgehead atoms. The second kappa shape index (κ2) is 71.2. The Morgan fingerprint density at radius 2 is 0.611 bits per heavy atom. The highest BCUT2D eigenvalue weighted by Gasteiger charge is 2.43. The van der Waals surface area contributed by atoms with E-state index in [0.717, 1.165) is 146 Å². The van der Waals surface area contributed by atoms with Crippen LogP contribution in [0.25, 0.3) is 0 Å². The molecule has 10 nitrogen and oxygen atoms in total. The Morgan fingerprint density at radius 3 is 1.05 bits per heavy atom. The summed E-state index contributed by atoms with van der Waals surface area (Å²) in [6, 6.07) is 5.58. The van der Waals surface area contributed by atoms with Gasteiger partial charge in [-0.2, -0.15) is 26.3 Å². The number of alkyl halides is 14. The molecule has 0 radical (unpaired) electrons. The first-order valence-electron chi connectivity index (χ1n) is 50.9. The van der Waals surface area contributed by atoms with Crippen LogP contribution in [0.15, 0.2) is 0 Å². The quantitative estimate of drug-likeness (QED) is 0.139. The summed E-state index contributed by atoms with van der Waals surface area (Å²) >= 11 is 0. The fourth-order valence-electron chi connectivity index (χ4n) is 19.4. The molecule has 0 aromatic heterocycles. The molecule has 126 heavy (non-hydrogen) atoms. The maximum absolute atomic E-state index is 12.7. The molecule has 0 spiro atoms. The third-order valence-electron chi connectivity index (χ3n) is 28.4. The molecule has 760 valence electrons. The topological polar surface area (TPSA) is 32.4 Å². The van der Waals surface area contributed by atoms with Crippen molar-refractivity contribution in [2.45, 2.75) is 496 Å². The van der Waals surface area contributed by atoms with Crippen LogP contribution in [-0.2, 0) is 0 Å². The molecular weight excluding hydrogens is 1630 g/mol. The number of hydrogen-bond acceptors (Lipinski definition) is 10. The van der Waals surface area contributed by atoms with Crippen LogP contribution in [0.4, 0.5) is 61.5 Å². The maximum atomic E-state index is 12.7. The minimum atomic E-state index is -4.02. The summed E-state index contributed by atoms with van der Waals surface area (Å²) < 4.78 is 175. The monoisotopic (exact) mass is 1840 g/mol. The minimum absolute atomic E-state index is 0. The summed E-state index contributed by atoms with van der Waals surface area (Å²) in [5, 5.41) is 0. The first-order valence-corrected chi connectivity index (χ1v) is 50.9. The van der Waals surface area contributed by atoms with E-state index in [0.29, 0.717) is 94.3 Å². The summed E-state index contributed by atoms with van der Waals surface area (Å²) in [4.78, 5) is 23.0. The zero-order valence-corrected chi connectivity index (χ0v) is 83.8. The van der Waals surface area contributed by atoms with Crippen molar-refractivity contribution in [1.29, 1.82) is 0 Å². The van der Waals surface area contributed by atoms with Gasteiger partial charge in [0.25, 0.3) is 6.43 Å². The van der Waals surface area contributed by atoms with Gasteiger partial charge in [-0.05, 0) is 402 Å². The van der Waals surface area contributed by atoms with Gasteiger partial charge in [0.2, 0.25) is 12.9 Å². The predicted molar refractivity (Wildman–Crippen MR) is 513 cm³/mol. The minimum Gasteiger partial charge on any atom is -0.301 e. The smallest absolute Gasteiger partial charge is 0.301 e. The lowest BCUT2D eigenvalue weighted by molar-refractivity contribution is -0.185. The molecule has 10 heterocycles. The van der Waals surface area contributed by atoms with E-state index in [-0.39, 0.29) is 71.6 Å². The first kappa shape index (κ1) is 127. The molecule has 0 aliphatic carbocycles. The van der Waals surface area contributed by atoms with Gasteiger partial charge in [0.15, 0.2) is 0 Å². The Kier molecular flexibility index (Phi) is 71.5. The fourth-order valence-corrected chi connectivity index (χ4v) is 19.4. The summed E-state index contributed by atoms with van der Waals surface area (Å²) in [6.07, 6.45) is 20.7. The van der Waals surface area contributed by atoms with E-state index in [4.69, 9.17) is 0 Å². The van der Waals surface area contributed by atoms with Crippen molar-refractivity contribution in [1.82, 2.24) is 49.0 Å². The molecule has 0 amide bonds. The van der Waals surface area contributed by atoms with Gasteiger partial charge in [0, 0.05) is 104 Å². The molecule has 10 rings (SSSR count). The van der Waals surface area contributed by atoms with E-state index in [2.05, 4.69) is 157 Å². The Bertz CT molecular complexity index is 2410. The van der Waals surface area contributed by atoms with E-state index in [1.54, 1.807) is 0 Å². The Hall–Kier alpha value is -1.38. The zero-order chi connectivity index (χ0) is 93.8. The molecule has 0 aromatic carbocycles. The van der Waals surface area contributed by atoms with Crippen LogP contribution >= 0.6 is 0 Å². The van der Waals surface area contributed by atoms with E-state index in [1.807, 2.05) is 51.3 Å². The Morgan fingerprint density at radius 1 is 0.262 bits per heavy atom. The van der Waals surface area contributed by atoms with Gasteiger partial charge in [0.1, 0.15) is 6.67 Å². The summed E-state index contributed by atoms with van der Waals surface area (Å²) in [5.74, 6) is -0.675. The van der Waals surface area contributed by atoms with Crippen LogP contribution in [0.3, 0.4) is 0 Å². The van der Waals surface area contributed by atoms with Crippen molar-refractivity contribution < 1.29 is 61.5 Å². The largest absolute Gasteiger partial charge is 0.393 e. The average molecular weight is 1840 g/mol. The van der Waals surface area contributed by atoms with E-state index >= 15 is 0 Å². The van der Waals surface area contributed by atoms with Crippen LogP contribution in [-0.4, -0.2) is 284 Å². The average Bonchev–Trinajstić information content (AvgIpc) is 1.82. The van der Waals surface area contributed by atoms with Crippen molar-refractivity contribution >= 4 is 0 Å². The number of nitrogens with zero attached hydrogens (tertiary/aromatic N) is 10. The van der Waals surface area contributed by atoms with Gasteiger partial charge < -0.3 is 34.3 Å². The van der Waals surface area contributed by atoms with Crippen molar-refractivity contribution in [2.24, 2.45) is 41.4 Å². The highest BCUT2D eigenvalue weighted by Crippen LogP contribution is 2.37. The highest BCUT2D eigenvalue weighted by molar-refractivity contribution is 4.85. The maximum Gasteiger partial charge on any atom is 0.393 e.